The van der Waals surface area contributed by atoms with Crippen molar-refractivity contribution < 1.29 is 0 Å². The zero-order valence-electron chi connectivity index (χ0n) is 12.2. The van der Waals surface area contributed by atoms with Gasteiger partial charge in [0.05, 0.1) is 11.0 Å². The van der Waals surface area contributed by atoms with Crippen LogP contribution in [0.1, 0.15) is 46.0 Å². The van der Waals surface area contributed by atoms with E-state index in [9.17, 15) is 0 Å². The molecule has 0 spiro atoms. The minimum Gasteiger partial charge on any atom is -0.306 e. The molecule has 3 heteroatoms. The number of aromatic nitrogens is 1. The first-order valence-corrected chi connectivity index (χ1v) is 7.66. The fourth-order valence-corrected chi connectivity index (χ4v) is 3.11. The Balaban J connectivity index is 2.39. The molecule has 2 aromatic rings. The van der Waals surface area contributed by atoms with Crippen molar-refractivity contribution in [3.05, 3.63) is 51.0 Å². The molecule has 1 heterocycles. The molecule has 1 N–H and O–H groups in total. The van der Waals surface area contributed by atoms with Crippen molar-refractivity contribution in [2.75, 3.05) is 6.54 Å². The number of nitrogens with zero attached hydrogens (tertiary/aromatic N) is 1. The van der Waals surface area contributed by atoms with Crippen molar-refractivity contribution in [1.82, 2.24) is 10.3 Å². The average Bonchev–Trinajstić information content (AvgIpc) is 2.80. The molecule has 0 aliphatic rings. The van der Waals surface area contributed by atoms with Gasteiger partial charge in [-0.25, -0.2) is 4.98 Å². The van der Waals surface area contributed by atoms with Crippen LogP contribution in [0.4, 0.5) is 0 Å². The monoisotopic (exact) mass is 274 g/mol. The van der Waals surface area contributed by atoms with Crippen molar-refractivity contribution >= 4 is 11.3 Å². The van der Waals surface area contributed by atoms with Crippen LogP contribution in [-0.4, -0.2) is 11.5 Å². The highest BCUT2D eigenvalue weighted by molar-refractivity contribution is 7.11. The van der Waals surface area contributed by atoms with Crippen LogP contribution < -0.4 is 5.32 Å². The Labute approximate surface area is 119 Å². The number of aryl methyl sites for hydroxylation is 3. The first-order chi connectivity index (χ1) is 9.11. The van der Waals surface area contributed by atoms with Crippen molar-refractivity contribution in [2.45, 2.75) is 40.2 Å². The third-order valence-electron chi connectivity index (χ3n) is 3.27. The molecule has 19 heavy (non-hydrogen) atoms. The van der Waals surface area contributed by atoms with Crippen LogP contribution in [0, 0.1) is 20.8 Å². The number of nitrogens with one attached hydrogen (secondary N) is 1. The molecule has 0 radical (unpaired) electrons. The maximum Gasteiger partial charge on any atom is 0.0897 e. The number of hydrogen-bond donors (Lipinski definition) is 1. The van der Waals surface area contributed by atoms with Gasteiger partial charge in [-0.1, -0.05) is 30.7 Å². The summed E-state index contributed by atoms with van der Waals surface area (Å²) in [5.41, 5.74) is 4.02. The Kier molecular flexibility index (Phi) is 4.72. The lowest BCUT2D eigenvalue weighted by Gasteiger charge is -2.20. The van der Waals surface area contributed by atoms with Gasteiger partial charge in [-0.2, -0.15) is 0 Å². The van der Waals surface area contributed by atoms with E-state index in [0.29, 0.717) is 0 Å². The van der Waals surface area contributed by atoms with Crippen molar-refractivity contribution in [2.24, 2.45) is 0 Å². The summed E-state index contributed by atoms with van der Waals surface area (Å²) in [5, 5.41) is 4.78. The Morgan fingerprint density at radius 3 is 2.68 bits per heavy atom. The van der Waals surface area contributed by atoms with Crippen molar-refractivity contribution in [1.29, 1.82) is 0 Å². The second kappa shape index (κ2) is 6.31. The molecule has 0 saturated carbocycles. The highest BCUT2D eigenvalue weighted by Gasteiger charge is 2.17. The molecule has 0 fully saturated rings. The number of thiazole rings is 1. The SMILES string of the molecule is CCCNC(c1cnc(C)s1)c1cc(C)ccc1C. The van der Waals surface area contributed by atoms with E-state index in [1.807, 2.05) is 6.20 Å². The van der Waals surface area contributed by atoms with Gasteiger partial charge in [0, 0.05) is 11.1 Å². The minimum atomic E-state index is 0.269. The smallest absolute Gasteiger partial charge is 0.0897 e. The number of benzene rings is 1. The number of rotatable bonds is 5. The van der Waals surface area contributed by atoms with E-state index in [-0.39, 0.29) is 6.04 Å². The van der Waals surface area contributed by atoms with Gasteiger partial charge >= 0.3 is 0 Å². The molecule has 2 nitrogen and oxygen atoms in total. The molecular weight excluding hydrogens is 252 g/mol. The molecule has 1 aromatic heterocycles. The predicted molar refractivity (Wildman–Crippen MR) is 82.9 cm³/mol. The number of hydrogen-bond acceptors (Lipinski definition) is 3. The Hall–Kier alpha value is -1.19. The van der Waals surface area contributed by atoms with Crippen LogP contribution in [0.3, 0.4) is 0 Å². The first kappa shape index (κ1) is 14.2. The third kappa shape index (κ3) is 3.43. The van der Waals surface area contributed by atoms with Crippen LogP contribution in [0.15, 0.2) is 24.4 Å². The highest BCUT2D eigenvalue weighted by atomic mass is 32.1. The van der Waals surface area contributed by atoms with Gasteiger partial charge in [-0.05, 0) is 44.9 Å². The largest absolute Gasteiger partial charge is 0.306 e. The average molecular weight is 274 g/mol. The molecule has 1 atom stereocenters. The Morgan fingerprint density at radius 1 is 1.26 bits per heavy atom. The summed E-state index contributed by atoms with van der Waals surface area (Å²) >= 11 is 1.78. The zero-order valence-corrected chi connectivity index (χ0v) is 13.0. The summed E-state index contributed by atoms with van der Waals surface area (Å²) in [4.78, 5) is 5.71. The maximum atomic E-state index is 4.40. The second-order valence-electron chi connectivity index (χ2n) is 5.03. The summed E-state index contributed by atoms with van der Waals surface area (Å²) < 4.78 is 0. The molecule has 0 aliphatic heterocycles. The van der Waals surface area contributed by atoms with Gasteiger partial charge in [-0.15, -0.1) is 11.3 Å². The molecule has 0 saturated heterocycles. The Bertz CT molecular complexity index is 545. The molecule has 0 bridgehead atoms. The van der Waals surface area contributed by atoms with Crippen LogP contribution in [0.2, 0.25) is 0 Å². The molecule has 2 rings (SSSR count). The lowest BCUT2D eigenvalue weighted by atomic mass is 9.98. The molecule has 0 aliphatic carbocycles. The summed E-state index contributed by atoms with van der Waals surface area (Å²) in [7, 11) is 0. The summed E-state index contributed by atoms with van der Waals surface area (Å²) in [6.45, 7) is 9.62. The molecule has 1 unspecified atom stereocenters. The minimum absolute atomic E-state index is 0.269. The Morgan fingerprint density at radius 2 is 2.05 bits per heavy atom. The highest BCUT2D eigenvalue weighted by Crippen LogP contribution is 2.29. The van der Waals surface area contributed by atoms with E-state index in [1.165, 1.54) is 21.6 Å². The van der Waals surface area contributed by atoms with Crippen molar-refractivity contribution in [3.8, 4) is 0 Å². The summed E-state index contributed by atoms with van der Waals surface area (Å²) in [6.07, 6.45) is 3.15. The van der Waals surface area contributed by atoms with Gasteiger partial charge in [0.25, 0.3) is 0 Å². The molecule has 1 aromatic carbocycles. The normalized spacial score (nSPS) is 12.6. The fourth-order valence-electron chi connectivity index (χ4n) is 2.23. The van der Waals surface area contributed by atoms with Gasteiger partial charge in [0.15, 0.2) is 0 Å². The lowest BCUT2D eigenvalue weighted by molar-refractivity contribution is 0.602. The van der Waals surface area contributed by atoms with Crippen LogP contribution in [0.5, 0.6) is 0 Å². The van der Waals surface area contributed by atoms with E-state index < -0.39 is 0 Å². The van der Waals surface area contributed by atoms with E-state index in [2.05, 4.69) is 56.2 Å². The van der Waals surface area contributed by atoms with E-state index in [1.54, 1.807) is 11.3 Å². The van der Waals surface area contributed by atoms with E-state index in [0.717, 1.165) is 18.0 Å². The molecular formula is C16H22N2S. The lowest BCUT2D eigenvalue weighted by Crippen LogP contribution is -2.23. The molecule has 102 valence electrons. The fraction of sp³-hybridized carbons (Fsp3) is 0.438. The first-order valence-electron chi connectivity index (χ1n) is 6.84. The quantitative estimate of drug-likeness (QED) is 0.885. The van der Waals surface area contributed by atoms with Gasteiger partial charge in [-0.3, -0.25) is 0 Å². The third-order valence-corrected chi connectivity index (χ3v) is 4.25. The van der Waals surface area contributed by atoms with Gasteiger partial charge in [0.1, 0.15) is 0 Å². The van der Waals surface area contributed by atoms with Gasteiger partial charge in [0.2, 0.25) is 0 Å². The van der Waals surface area contributed by atoms with Crippen molar-refractivity contribution in [3.63, 3.8) is 0 Å². The molecule has 0 amide bonds. The van der Waals surface area contributed by atoms with Crippen LogP contribution >= 0.6 is 11.3 Å². The summed E-state index contributed by atoms with van der Waals surface area (Å²) in [6, 6.07) is 6.94. The van der Waals surface area contributed by atoms with Gasteiger partial charge < -0.3 is 5.32 Å². The standard InChI is InChI=1S/C16H22N2S/c1-5-8-17-16(15-10-18-13(4)19-15)14-9-11(2)6-7-12(14)3/h6-7,9-10,16-17H,5,8H2,1-4H3. The van der Waals surface area contributed by atoms with Crippen LogP contribution in [0.25, 0.3) is 0 Å². The summed E-state index contributed by atoms with van der Waals surface area (Å²) in [5.74, 6) is 0. The van der Waals surface area contributed by atoms with E-state index in [4.69, 9.17) is 0 Å². The van der Waals surface area contributed by atoms with E-state index >= 15 is 0 Å². The zero-order chi connectivity index (χ0) is 13.8. The second-order valence-corrected chi connectivity index (χ2v) is 6.30. The van der Waals surface area contributed by atoms with Crippen LogP contribution in [-0.2, 0) is 0 Å². The topological polar surface area (TPSA) is 24.9 Å². The predicted octanol–water partition coefficient (Wildman–Crippen LogP) is 4.16. The maximum absolute atomic E-state index is 4.40.